The fraction of sp³-hybridized carbons (Fsp3) is 0.571. The van der Waals surface area contributed by atoms with Crippen molar-refractivity contribution in [2.24, 2.45) is 11.8 Å². The van der Waals surface area contributed by atoms with Crippen LogP contribution in [0.2, 0.25) is 0 Å². The summed E-state index contributed by atoms with van der Waals surface area (Å²) in [5.41, 5.74) is 1.37. The predicted molar refractivity (Wildman–Crippen MR) is 65.3 cm³/mol. The lowest BCUT2D eigenvalue weighted by Gasteiger charge is -2.10. The fourth-order valence-electron chi connectivity index (χ4n) is 1.50. The first kappa shape index (κ1) is 12.1. The first-order chi connectivity index (χ1) is 7.08. The van der Waals surface area contributed by atoms with Crippen molar-refractivity contribution in [2.45, 2.75) is 34.1 Å². The van der Waals surface area contributed by atoms with Crippen LogP contribution in [-0.2, 0) is 6.42 Å². The van der Waals surface area contributed by atoms with E-state index in [9.17, 15) is 0 Å². The Morgan fingerprint density at radius 1 is 1.07 bits per heavy atom. The molecule has 1 aromatic rings. The fourth-order valence-corrected chi connectivity index (χ4v) is 1.50. The van der Waals surface area contributed by atoms with Crippen molar-refractivity contribution in [1.29, 1.82) is 0 Å². The summed E-state index contributed by atoms with van der Waals surface area (Å²) in [7, 11) is 0. The minimum Gasteiger partial charge on any atom is -0.493 e. The van der Waals surface area contributed by atoms with E-state index in [-0.39, 0.29) is 0 Å². The highest BCUT2D eigenvalue weighted by atomic mass is 16.5. The van der Waals surface area contributed by atoms with E-state index in [0.29, 0.717) is 11.8 Å². The van der Waals surface area contributed by atoms with Crippen LogP contribution in [-0.4, -0.2) is 6.61 Å². The second-order valence-electron chi connectivity index (χ2n) is 4.95. The number of rotatable bonds is 5. The summed E-state index contributed by atoms with van der Waals surface area (Å²) in [6.45, 7) is 9.60. The van der Waals surface area contributed by atoms with Gasteiger partial charge in [-0.2, -0.15) is 0 Å². The molecule has 0 amide bonds. The third kappa shape index (κ3) is 4.87. The molecule has 15 heavy (non-hydrogen) atoms. The molecule has 84 valence electrons. The van der Waals surface area contributed by atoms with Crippen LogP contribution in [0, 0.1) is 11.8 Å². The second-order valence-corrected chi connectivity index (χ2v) is 4.95. The van der Waals surface area contributed by atoms with Gasteiger partial charge in [0.1, 0.15) is 5.75 Å². The Morgan fingerprint density at radius 2 is 1.80 bits per heavy atom. The topological polar surface area (TPSA) is 9.23 Å². The summed E-state index contributed by atoms with van der Waals surface area (Å²) in [4.78, 5) is 0. The molecular weight excluding hydrogens is 184 g/mol. The molecule has 0 aliphatic carbocycles. The molecular formula is C14H22O. The van der Waals surface area contributed by atoms with Crippen LogP contribution in [0.1, 0.15) is 33.3 Å². The van der Waals surface area contributed by atoms with E-state index in [1.54, 1.807) is 0 Å². The standard InChI is InChI=1S/C14H22O/c1-11(2)8-13-6-5-7-14(9-13)15-10-12(3)4/h5-7,9,11-12H,8,10H2,1-4H3. The van der Waals surface area contributed by atoms with Crippen molar-refractivity contribution in [3.05, 3.63) is 29.8 Å². The average Bonchev–Trinajstić information content (AvgIpc) is 2.14. The normalized spacial score (nSPS) is 11.1. The molecule has 0 aromatic heterocycles. The molecule has 0 aliphatic rings. The van der Waals surface area contributed by atoms with E-state index in [0.717, 1.165) is 18.8 Å². The Labute approximate surface area is 93.5 Å². The Balaban J connectivity index is 2.57. The van der Waals surface area contributed by atoms with Gasteiger partial charge >= 0.3 is 0 Å². The van der Waals surface area contributed by atoms with Crippen LogP contribution in [0.3, 0.4) is 0 Å². The first-order valence-electron chi connectivity index (χ1n) is 5.79. The first-order valence-corrected chi connectivity index (χ1v) is 5.79. The lowest BCUT2D eigenvalue weighted by atomic mass is 10.0. The number of hydrogen-bond donors (Lipinski definition) is 0. The van der Waals surface area contributed by atoms with Crippen molar-refractivity contribution >= 4 is 0 Å². The Kier molecular flexibility index (Phi) is 4.67. The van der Waals surface area contributed by atoms with Crippen molar-refractivity contribution in [3.63, 3.8) is 0 Å². The summed E-state index contributed by atoms with van der Waals surface area (Å²) >= 11 is 0. The van der Waals surface area contributed by atoms with Crippen LogP contribution in [0.4, 0.5) is 0 Å². The van der Waals surface area contributed by atoms with Gasteiger partial charge < -0.3 is 4.74 Å². The molecule has 0 atom stereocenters. The molecule has 1 nitrogen and oxygen atoms in total. The van der Waals surface area contributed by atoms with Crippen LogP contribution >= 0.6 is 0 Å². The number of ether oxygens (including phenoxy) is 1. The number of hydrogen-bond acceptors (Lipinski definition) is 1. The Hall–Kier alpha value is -0.980. The molecule has 0 fully saturated rings. The van der Waals surface area contributed by atoms with Crippen LogP contribution < -0.4 is 4.74 Å². The zero-order valence-electron chi connectivity index (χ0n) is 10.3. The number of benzene rings is 1. The maximum absolute atomic E-state index is 5.69. The summed E-state index contributed by atoms with van der Waals surface area (Å²) in [6.07, 6.45) is 1.12. The smallest absolute Gasteiger partial charge is 0.119 e. The highest BCUT2D eigenvalue weighted by Crippen LogP contribution is 2.16. The largest absolute Gasteiger partial charge is 0.493 e. The SMILES string of the molecule is CC(C)COc1cccc(CC(C)C)c1. The lowest BCUT2D eigenvalue weighted by molar-refractivity contribution is 0.271. The molecule has 0 saturated heterocycles. The third-order valence-corrected chi connectivity index (χ3v) is 2.13. The molecule has 0 spiro atoms. The van der Waals surface area contributed by atoms with Gasteiger partial charge in [0.2, 0.25) is 0 Å². The van der Waals surface area contributed by atoms with Gasteiger partial charge in [-0.1, -0.05) is 39.8 Å². The summed E-state index contributed by atoms with van der Waals surface area (Å²) < 4.78 is 5.69. The van der Waals surface area contributed by atoms with Crippen LogP contribution in [0.15, 0.2) is 24.3 Å². The minimum absolute atomic E-state index is 0.582. The molecule has 0 saturated carbocycles. The van der Waals surface area contributed by atoms with Gasteiger partial charge in [0.15, 0.2) is 0 Å². The minimum atomic E-state index is 0.582. The van der Waals surface area contributed by atoms with Gasteiger partial charge in [0.05, 0.1) is 6.61 Å². The molecule has 0 heterocycles. The zero-order chi connectivity index (χ0) is 11.3. The molecule has 0 unspecified atom stereocenters. The van der Waals surface area contributed by atoms with E-state index in [2.05, 4.69) is 45.9 Å². The monoisotopic (exact) mass is 206 g/mol. The van der Waals surface area contributed by atoms with Gasteiger partial charge in [0.25, 0.3) is 0 Å². The quantitative estimate of drug-likeness (QED) is 0.709. The zero-order valence-corrected chi connectivity index (χ0v) is 10.3. The van der Waals surface area contributed by atoms with Gasteiger partial charge in [-0.3, -0.25) is 0 Å². The molecule has 0 N–H and O–H groups in total. The van der Waals surface area contributed by atoms with Gasteiger partial charge in [-0.25, -0.2) is 0 Å². The van der Waals surface area contributed by atoms with Crippen molar-refractivity contribution in [1.82, 2.24) is 0 Å². The van der Waals surface area contributed by atoms with Crippen molar-refractivity contribution in [3.8, 4) is 5.75 Å². The second kappa shape index (κ2) is 5.79. The Morgan fingerprint density at radius 3 is 2.40 bits per heavy atom. The maximum Gasteiger partial charge on any atom is 0.119 e. The molecule has 1 aromatic carbocycles. The van der Waals surface area contributed by atoms with Crippen LogP contribution in [0.25, 0.3) is 0 Å². The summed E-state index contributed by atoms with van der Waals surface area (Å²) in [6, 6.07) is 8.43. The highest BCUT2D eigenvalue weighted by molar-refractivity contribution is 5.28. The van der Waals surface area contributed by atoms with Crippen LogP contribution in [0.5, 0.6) is 5.75 Å². The maximum atomic E-state index is 5.69. The molecule has 0 bridgehead atoms. The predicted octanol–water partition coefficient (Wildman–Crippen LogP) is 3.92. The Bertz CT molecular complexity index is 289. The molecule has 1 rings (SSSR count). The summed E-state index contributed by atoms with van der Waals surface area (Å²) in [5, 5.41) is 0. The average molecular weight is 206 g/mol. The van der Waals surface area contributed by atoms with E-state index in [4.69, 9.17) is 4.74 Å². The highest BCUT2D eigenvalue weighted by Gasteiger charge is 2.01. The van der Waals surface area contributed by atoms with E-state index >= 15 is 0 Å². The van der Waals surface area contributed by atoms with Gasteiger partial charge in [-0.05, 0) is 36.0 Å². The van der Waals surface area contributed by atoms with Crippen molar-refractivity contribution < 1.29 is 4.74 Å². The van der Waals surface area contributed by atoms with E-state index in [1.807, 2.05) is 6.07 Å². The third-order valence-electron chi connectivity index (χ3n) is 2.13. The van der Waals surface area contributed by atoms with E-state index < -0.39 is 0 Å². The van der Waals surface area contributed by atoms with Gasteiger partial charge in [-0.15, -0.1) is 0 Å². The van der Waals surface area contributed by atoms with E-state index in [1.165, 1.54) is 5.56 Å². The summed E-state index contributed by atoms with van der Waals surface area (Å²) in [5.74, 6) is 2.28. The lowest BCUT2D eigenvalue weighted by Crippen LogP contribution is -2.04. The van der Waals surface area contributed by atoms with Crippen molar-refractivity contribution in [2.75, 3.05) is 6.61 Å². The molecule has 0 radical (unpaired) electrons. The molecule has 1 heteroatoms. The molecule has 0 aliphatic heterocycles. The van der Waals surface area contributed by atoms with Gasteiger partial charge in [0, 0.05) is 0 Å².